The average molecular weight is 382 g/mol. The van der Waals surface area contributed by atoms with Crippen molar-refractivity contribution in [2.45, 2.75) is 11.4 Å². The predicted octanol–water partition coefficient (Wildman–Crippen LogP) is 2.72. The fourth-order valence-corrected chi connectivity index (χ4v) is 3.67. The second-order valence-electron chi connectivity index (χ2n) is 4.89. The van der Waals surface area contributed by atoms with E-state index in [4.69, 9.17) is 9.52 Å². The highest BCUT2D eigenvalue weighted by Crippen LogP contribution is 2.23. The van der Waals surface area contributed by atoms with Gasteiger partial charge in [0.2, 0.25) is 15.9 Å². The van der Waals surface area contributed by atoms with E-state index in [1.54, 1.807) is 0 Å². The summed E-state index contributed by atoms with van der Waals surface area (Å²) in [7, 11) is -4.03. The van der Waals surface area contributed by atoms with Gasteiger partial charge in [0.05, 0.1) is 27.6 Å². The molecule has 10 heteroatoms. The Balaban J connectivity index is 1.76. The van der Waals surface area contributed by atoms with E-state index in [9.17, 15) is 17.6 Å². The number of hydrogen-bond acceptors (Lipinski definition) is 6. The summed E-state index contributed by atoms with van der Waals surface area (Å²) in [6, 6.07) is 6.20. The number of nitrogens with zero attached hydrogens (tertiary/aromatic N) is 1. The van der Waals surface area contributed by atoms with Crippen molar-refractivity contribution >= 4 is 27.3 Å². The van der Waals surface area contributed by atoms with Crippen molar-refractivity contribution < 1.29 is 27.1 Å². The maximum atomic E-state index is 13.4. The summed E-state index contributed by atoms with van der Waals surface area (Å²) >= 11 is 1.43. The average Bonchev–Trinajstić information content (AvgIpc) is 3.24. The Morgan fingerprint density at radius 3 is 2.84 bits per heavy atom. The Labute approximate surface area is 145 Å². The molecule has 0 aliphatic rings. The first-order valence-corrected chi connectivity index (χ1v) is 9.24. The lowest BCUT2D eigenvalue weighted by atomic mass is 10.2. The highest BCUT2D eigenvalue weighted by molar-refractivity contribution is 7.89. The lowest BCUT2D eigenvalue weighted by molar-refractivity contribution is 0.0691. The number of aromatic nitrogens is 1. The third-order valence-electron chi connectivity index (χ3n) is 3.21. The molecule has 0 amide bonds. The minimum Gasteiger partial charge on any atom is -0.478 e. The molecule has 0 aliphatic heterocycles. The molecule has 7 nitrogen and oxygen atoms in total. The minimum atomic E-state index is -4.03. The number of carbonyl (C=O) groups is 1. The zero-order valence-electron chi connectivity index (χ0n) is 12.5. The van der Waals surface area contributed by atoms with E-state index in [0.717, 1.165) is 23.1 Å². The van der Waals surface area contributed by atoms with Crippen LogP contribution in [0.2, 0.25) is 0 Å². The molecule has 0 bridgehead atoms. The van der Waals surface area contributed by atoms with Crippen LogP contribution < -0.4 is 4.72 Å². The fraction of sp³-hybridized carbons (Fsp3) is 0.0667. The van der Waals surface area contributed by atoms with Crippen molar-refractivity contribution in [3.63, 3.8) is 0 Å². The van der Waals surface area contributed by atoms with E-state index in [1.165, 1.54) is 17.6 Å². The van der Waals surface area contributed by atoms with Gasteiger partial charge in [-0.25, -0.2) is 27.3 Å². The zero-order valence-corrected chi connectivity index (χ0v) is 14.1. The van der Waals surface area contributed by atoms with Crippen LogP contribution in [0.25, 0.3) is 10.8 Å². The van der Waals surface area contributed by atoms with E-state index in [2.05, 4.69) is 9.71 Å². The first-order valence-electron chi connectivity index (χ1n) is 6.87. The third kappa shape index (κ3) is 3.76. The van der Waals surface area contributed by atoms with E-state index in [-0.39, 0.29) is 11.4 Å². The molecule has 0 atom stereocenters. The number of nitrogens with one attached hydrogen (secondary N) is 1. The lowest BCUT2D eigenvalue weighted by Crippen LogP contribution is -2.23. The van der Waals surface area contributed by atoms with Gasteiger partial charge in [-0.3, -0.25) is 0 Å². The quantitative estimate of drug-likeness (QED) is 0.678. The van der Waals surface area contributed by atoms with Gasteiger partial charge in [0.25, 0.3) is 0 Å². The highest BCUT2D eigenvalue weighted by atomic mass is 32.2. The number of oxazole rings is 1. The lowest BCUT2D eigenvalue weighted by Gasteiger charge is -2.06. The number of benzene rings is 1. The van der Waals surface area contributed by atoms with Crippen molar-refractivity contribution in [3.8, 4) is 10.8 Å². The monoisotopic (exact) mass is 382 g/mol. The van der Waals surface area contributed by atoms with Gasteiger partial charge in [-0.05, 0) is 29.6 Å². The number of carboxylic acid groups (broad SMARTS) is 1. The largest absolute Gasteiger partial charge is 0.478 e. The van der Waals surface area contributed by atoms with Gasteiger partial charge in [-0.15, -0.1) is 11.3 Å². The predicted molar refractivity (Wildman–Crippen MR) is 87.2 cm³/mol. The molecule has 3 aromatic rings. The number of aromatic carboxylic acids is 1. The van der Waals surface area contributed by atoms with Crippen molar-refractivity contribution in [1.29, 1.82) is 0 Å². The fourth-order valence-electron chi connectivity index (χ4n) is 1.99. The summed E-state index contributed by atoms with van der Waals surface area (Å²) < 4.78 is 45.4. The van der Waals surface area contributed by atoms with Gasteiger partial charge in [0.1, 0.15) is 12.1 Å². The second kappa shape index (κ2) is 6.75. The second-order valence-corrected chi connectivity index (χ2v) is 7.61. The molecule has 0 aliphatic carbocycles. The SMILES string of the molecule is O=C(O)c1cc(S(=O)(=O)NCc2coc(-c3cccs3)n2)ccc1F. The van der Waals surface area contributed by atoms with Crippen molar-refractivity contribution in [2.75, 3.05) is 0 Å². The Hall–Kier alpha value is -2.56. The molecular formula is C15H11FN2O5S2. The normalized spacial score (nSPS) is 11.6. The summed E-state index contributed by atoms with van der Waals surface area (Å²) in [5.41, 5.74) is -0.364. The van der Waals surface area contributed by atoms with Gasteiger partial charge in [0, 0.05) is 0 Å². The van der Waals surface area contributed by atoms with Crippen LogP contribution in [0.1, 0.15) is 16.1 Å². The van der Waals surface area contributed by atoms with Crippen LogP contribution in [-0.2, 0) is 16.6 Å². The standard InChI is InChI=1S/C15H11FN2O5S2/c16-12-4-3-10(6-11(12)15(19)20)25(21,22)17-7-9-8-23-14(18-9)13-2-1-5-24-13/h1-6,8,17H,7H2,(H,19,20). The topological polar surface area (TPSA) is 110 Å². The molecular weight excluding hydrogens is 371 g/mol. The molecule has 0 spiro atoms. The van der Waals surface area contributed by atoms with Crippen LogP contribution in [0.15, 0.2) is 51.3 Å². The highest BCUT2D eigenvalue weighted by Gasteiger charge is 2.19. The summed E-state index contributed by atoms with van der Waals surface area (Å²) in [5.74, 6) is -2.19. The van der Waals surface area contributed by atoms with Gasteiger partial charge in [-0.1, -0.05) is 6.07 Å². The smallest absolute Gasteiger partial charge is 0.338 e. The van der Waals surface area contributed by atoms with Crippen LogP contribution in [0.3, 0.4) is 0 Å². The van der Waals surface area contributed by atoms with Crippen LogP contribution in [0.5, 0.6) is 0 Å². The zero-order chi connectivity index (χ0) is 18.0. The van der Waals surface area contributed by atoms with E-state index < -0.39 is 27.4 Å². The van der Waals surface area contributed by atoms with Gasteiger partial charge in [-0.2, -0.15) is 0 Å². The third-order valence-corrected chi connectivity index (χ3v) is 5.46. The number of carboxylic acids is 1. The molecule has 25 heavy (non-hydrogen) atoms. The summed E-state index contributed by atoms with van der Waals surface area (Å²) in [5, 5.41) is 10.7. The molecule has 1 aromatic carbocycles. The maximum Gasteiger partial charge on any atom is 0.338 e. The molecule has 2 N–H and O–H groups in total. The number of rotatable bonds is 6. The molecule has 0 saturated heterocycles. The molecule has 0 radical (unpaired) electrons. The molecule has 3 rings (SSSR count). The first kappa shape index (κ1) is 17.3. The Bertz CT molecular complexity index is 1010. The Kier molecular flexibility index (Phi) is 4.66. The van der Waals surface area contributed by atoms with Crippen LogP contribution in [0.4, 0.5) is 4.39 Å². The van der Waals surface area contributed by atoms with Crippen LogP contribution >= 0.6 is 11.3 Å². The molecule has 0 fully saturated rings. The van der Waals surface area contributed by atoms with Gasteiger partial charge < -0.3 is 9.52 Å². The molecule has 2 aromatic heterocycles. The van der Waals surface area contributed by atoms with Crippen molar-refractivity contribution in [1.82, 2.24) is 9.71 Å². The summed E-state index contributed by atoms with van der Waals surface area (Å²) in [4.78, 5) is 15.5. The molecule has 130 valence electrons. The van der Waals surface area contributed by atoms with Crippen LogP contribution in [-0.4, -0.2) is 24.5 Å². The van der Waals surface area contributed by atoms with E-state index >= 15 is 0 Å². The number of halogens is 1. The number of thiophene rings is 1. The first-order chi connectivity index (χ1) is 11.9. The van der Waals surface area contributed by atoms with Crippen molar-refractivity contribution in [2.24, 2.45) is 0 Å². The van der Waals surface area contributed by atoms with Crippen molar-refractivity contribution in [3.05, 3.63) is 59.0 Å². The van der Waals surface area contributed by atoms with Crippen LogP contribution in [0, 0.1) is 5.82 Å². The Morgan fingerprint density at radius 2 is 2.16 bits per heavy atom. The summed E-state index contributed by atoms with van der Waals surface area (Å²) in [6.45, 7) is -0.156. The molecule has 2 heterocycles. The maximum absolute atomic E-state index is 13.4. The molecule has 0 unspecified atom stereocenters. The van der Waals surface area contributed by atoms with Gasteiger partial charge in [0.15, 0.2) is 0 Å². The van der Waals surface area contributed by atoms with Gasteiger partial charge >= 0.3 is 5.97 Å². The Morgan fingerprint density at radius 1 is 1.36 bits per heavy atom. The summed E-state index contributed by atoms with van der Waals surface area (Å²) in [6.07, 6.45) is 1.32. The number of hydrogen-bond donors (Lipinski definition) is 2. The van der Waals surface area contributed by atoms with E-state index in [0.29, 0.717) is 11.6 Å². The van der Waals surface area contributed by atoms with E-state index in [1.807, 2.05) is 17.5 Å². The molecule has 0 saturated carbocycles. The number of sulfonamides is 1. The minimum absolute atomic E-state index is 0.156.